The minimum Gasteiger partial charge on any atom is -0.363 e. The molecule has 0 fully saturated rings. The Bertz CT molecular complexity index is 622. The Balaban J connectivity index is 1.62. The molecule has 0 aliphatic carbocycles. The molecule has 0 radical (unpaired) electrons. The van der Waals surface area contributed by atoms with Gasteiger partial charge in [0.1, 0.15) is 0 Å². The highest BCUT2D eigenvalue weighted by Gasteiger charge is 2.36. The molecule has 7 heteroatoms. The van der Waals surface area contributed by atoms with Gasteiger partial charge in [0.25, 0.3) is 11.8 Å². The predicted molar refractivity (Wildman–Crippen MR) is 79.6 cm³/mol. The SMILES string of the molecule is O=C(CSC1=NCCN1)CN1C(=O)c2ccccc2C1=O. The number of fused-ring (bicyclic) bond motifs is 1. The number of carbonyl (C=O) groups is 3. The first-order valence-corrected chi connectivity index (χ1v) is 7.53. The number of amides is 2. The minimum atomic E-state index is -0.398. The van der Waals surface area contributed by atoms with E-state index in [-0.39, 0.29) is 18.1 Å². The van der Waals surface area contributed by atoms with Gasteiger partial charge in [0.05, 0.1) is 30.0 Å². The normalized spacial score (nSPS) is 16.8. The first kappa shape index (κ1) is 13.8. The van der Waals surface area contributed by atoms with E-state index in [9.17, 15) is 14.4 Å². The van der Waals surface area contributed by atoms with Gasteiger partial charge in [0, 0.05) is 6.54 Å². The van der Waals surface area contributed by atoms with Crippen molar-refractivity contribution in [2.75, 3.05) is 25.4 Å². The number of nitrogens with one attached hydrogen (secondary N) is 1. The summed E-state index contributed by atoms with van der Waals surface area (Å²) >= 11 is 1.30. The number of nitrogens with zero attached hydrogens (tertiary/aromatic N) is 2. The van der Waals surface area contributed by atoms with Crippen LogP contribution < -0.4 is 5.32 Å². The van der Waals surface area contributed by atoms with Crippen molar-refractivity contribution in [1.29, 1.82) is 0 Å². The number of imide groups is 1. The number of amidine groups is 1. The first-order chi connectivity index (χ1) is 10.2. The highest BCUT2D eigenvalue weighted by Crippen LogP contribution is 2.22. The largest absolute Gasteiger partial charge is 0.363 e. The molecule has 1 aromatic carbocycles. The van der Waals surface area contributed by atoms with Gasteiger partial charge in [-0.2, -0.15) is 0 Å². The predicted octanol–water partition coefficient (Wildman–Crippen LogP) is 0.544. The molecule has 2 amide bonds. The summed E-state index contributed by atoms with van der Waals surface area (Å²) < 4.78 is 0. The molecule has 0 aromatic heterocycles. The van der Waals surface area contributed by atoms with Crippen molar-refractivity contribution in [2.45, 2.75) is 0 Å². The van der Waals surface area contributed by atoms with E-state index in [2.05, 4.69) is 10.3 Å². The highest BCUT2D eigenvalue weighted by atomic mass is 32.2. The van der Waals surface area contributed by atoms with Gasteiger partial charge in [-0.05, 0) is 12.1 Å². The van der Waals surface area contributed by atoms with Crippen molar-refractivity contribution in [3.8, 4) is 0 Å². The molecule has 2 aliphatic heterocycles. The van der Waals surface area contributed by atoms with Crippen molar-refractivity contribution in [1.82, 2.24) is 10.2 Å². The minimum absolute atomic E-state index is 0.175. The van der Waals surface area contributed by atoms with Crippen molar-refractivity contribution >= 4 is 34.5 Å². The third-order valence-electron chi connectivity index (χ3n) is 3.23. The van der Waals surface area contributed by atoms with Gasteiger partial charge in [-0.25, -0.2) is 0 Å². The molecule has 0 atom stereocenters. The number of hydrogen-bond acceptors (Lipinski definition) is 6. The van der Waals surface area contributed by atoms with Gasteiger partial charge in [-0.3, -0.25) is 24.3 Å². The van der Waals surface area contributed by atoms with E-state index in [4.69, 9.17) is 0 Å². The molecule has 0 spiro atoms. The van der Waals surface area contributed by atoms with Gasteiger partial charge in [0.15, 0.2) is 11.0 Å². The molecule has 108 valence electrons. The van der Waals surface area contributed by atoms with Gasteiger partial charge in [0.2, 0.25) is 0 Å². The van der Waals surface area contributed by atoms with Crippen LogP contribution in [0.2, 0.25) is 0 Å². The molecule has 2 aliphatic rings. The fraction of sp³-hybridized carbons (Fsp3) is 0.286. The number of aliphatic imine (C=N–C) groups is 1. The van der Waals surface area contributed by atoms with Crippen molar-refractivity contribution in [2.24, 2.45) is 4.99 Å². The molecule has 2 heterocycles. The number of thioether (sulfide) groups is 1. The topological polar surface area (TPSA) is 78.8 Å². The monoisotopic (exact) mass is 303 g/mol. The maximum Gasteiger partial charge on any atom is 0.261 e. The van der Waals surface area contributed by atoms with Crippen LogP contribution in [-0.2, 0) is 4.79 Å². The lowest BCUT2D eigenvalue weighted by Crippen LogP contribution is -2.35. The van der Waals surface area contributed by atoms with Gasteiger partial charge in [-0.15, -0.1) is 0 Å². The molecule has 0 bridgehead atoms. The van der Waals surface area contributed by atoms with Crippen LogP contribution in [-0.4, -0.2) is 53.1 Å². The first-order valence-electron chi connectivity index (χ1n) is 6.55. The van der Waals surface area contributed by atoms with Crippen LogP contribution in [0, 0.1) is 0 Å². The molecule has 0 unspecified atom stereocenters. The lowest BCUT2D eigenvalue weighted by Gasteiger charge is -2.12. The van der Waals surface area contributed by atoms with Crippen molar-refractivity contribution < 1.29 is 14.4 Å². The molecular formula is C14H13N3O3S. The average molecular weight is 303 g/mol. The molecular weight excluding hydrogens is 290 g/mol. The van der Waals surface area contributed by atoms with E-state index < -0.39 is 11.8 Å². The standard InChI is InChI=1S/C14H13N3O3S/c18-9(8-21-14-15-5-6-16-14)7-17-12(19)10-3-1-2-4-11(10)13(17)20/h1-4H,5-8H2,(H,15,16). The number of benzene rings is 1. The number of hydrogen-bond donors (Lipinski definition) is 1. The Morgan fingerprint density at radius 2 is 1.90 bits per heavy atom. The summed E-state index contributed by atoms with van der Waals surface area (Å²) in [4.78, 5) is 41.4. The van der Waals surface area contributed by atoms with E-state index >= 15 is 0 Å². The Morgan fingerprint density at radius 3 is 2.48 bits per heavy atom. The Morgan fingerprint density at radius 1 is 1.24 bits per heavy atom. The number of rotatable bonds is 4. The molecule has 1 N–H and O–H groups in total. The summed E-state index contributed by atoms with van der Waals surface area (Å²) in [7, 11) is 0. The van der Waals surface area contributed by atoms with Crippen LogP contribution in [0.5, 0.6) is 0 Å². The van der Waals surface area contributed by atoms with E-state index in [0.717, 1.165) is 23.2 Å². The van der Waals surface area contributed by atoms with Crippen LogP contribution in [0.3, 0.4) is 0 Å². The zero-order chi connectivity index (χ0) is 14.8. The van der Waals surface area contributed by atoms with Gasteiger partial charge < -0.3 is 5.32 Å². The summed E-state index contributed by atoms with van der Waals surface area (Å²) in [5.41, 5.74) is 0.731. The average Bonchev–Trinajstić information content (AvgIpc) is 3.09. The third kappa shape index (κ3) is 2.69. The quantitative estimate of drug-likeness (QED) is 0.822. The molecule has 3 rings (SSSR count). The summed E-state index contributed by atoms with van der Waals surface area (Å²) in [6.45, 7) is 1.32. The summed E-state index contributed by atoms with van der Waals surface area (Å²) in [5, 5.41) is 3.79. The zero-order valence-corrected chi connectivity index (χ0v) is 12.0. The Kier molecular flexibility index (Phi) is 3.74. The van der Waals surface area contributed by atoms with Gasteiger partial charge >= 0.3 is 0 Å². The third-order valence-corrected chi connectivity index (χ3v) is 4.24. The second-order valence-corrected chi connectivity index (χ2v) is 5.65. The summed E-state index contributed by atoms with van der Waals surface area (Å²) in [5.74, 6) is -0.777. The second-order valence-electron chi connectivity index (χ2n) is 4.68. The van der Waals surface area contributed by atoms with E-state index in [1.807, 2.05) is 0 Å². The van der Waals surface area contributed by atoms with Crippen LogP contribution in [0.1, 0.15) is 20.7 Å². The second kappa shape index (κ2) is 5.69. The van der Waals surface area contributed by atoms with Crippen molar-refractivity contribution in [3.05, 3.63) is 35.4 Å². The summed E-state index contributed by atoms with van der Waals surface area (Å²) in [6.07, 6.45) is 0. The van der Waals surface area contributed by atoms with E-state index in [1.54, 1.807) is 24.3 Å². The van der Waals surface area contributed by atoms with Crippen molar-refractivity contribution in [3.63, 3.8) is 0 Å². The molecule has 6 nitrogen and oxygen atoms in total. The Labute approximate surface area is 125 Å². The summed E-state index contributed by atoms with van der Waals surface area (Å²) in [6, 6.07) is 6.61. The molecule has 1 aromatic rings. The molecule has 21 heavy (non-hydrogen) atoms. The lowest BCUT2D eigenvalue weighted by atomic mass is 10.1. The van der Waals surface area contributed by atoms with Crippen LogP contribution in [0.15, 0.2) is 29.3 Å². The maximum absolute atomic E-state index is 12.1. The highest BCUT2D eigenvalue weighted by molar-refractivity contribution is 8.14. The van der Waals surface area contributed by atoms with E-state index in [0.29, 0.717) is 11.1 Å². The molecule has 0 saturated heterocycles. The Hall–Kier alpha value is -2.15. The van der Waals surface area contributed by atoms with Crippen LogP contribution in [0.4, 0.5) is 0 Å². The number of carbonyl (C=O) groups excluding carboxylic acids is 3. The zero-order valence-electron chi connectivity index (χ0n) is 11.2. The molecule has 0 saturated carbocycles. The smallest absolute Gasteiger partial charge is 0.261 e. The van der Waals surface area contributed by atoms with Crippen LogP contribution in [0.25, 0.3) is 0 Å². The van der Waals surface area contributed by atoms with Crippen LogP contribution >= 0.6 is 11.8 Å². The maximum atomic E-state index is 12.1. The fourth-order valence-corrected chi connectivity index (χ4v) is 3.00. The number of ketones is 1. The van der Waals surface area contributed by atoms with E-state index in [1.165, 1.54) is 11.8 Å². The number of Topliss-reactive ketones (excluding diaryl/α,β-unsaturated/α-hetero) is 1. The fourth-order valence-electron chi connectivity index (χ4n) is 2.23. The lowest BCUT2D eigenvalue weighted by molar-refractivity contribution is -0.116. The van der Waals surface area contributed by atoms with Gasteiger partial charge in [-0.1, -0.05) is 23.9 Å².